The van der Waals surface area contributed by atoms with E-state index < -0.39 is 65.6 Å². The van der Waals surface area contributed by atoms with Gasteiger partial charge < -0.3 is 51.2 Å². The van der Waals surface area contributed by atoms with Crippen LogP contribution in [0.1, 0.15) is 21.5 Å². The summed E-state index contributed by atoms with van der Waals surface area (Å²) >= 11 is 6.08. The number of carbonyl (C=O) groups excluding carboxylic acids is 2. The maximum Gasteiger partial charge on any atom is 0.262 e. The Balaban J connectivity index is 0.000000500. The van der Waals surface area contributed by atoms with Gasteiger partial charge in [0.2, 0.25) is 0 Å². The molecule has 16 heteroatoms. The number of benzene rings is 3. The van der Waals surface area contributed by atoms with Crippen LogP contribution < -0.4 is 20.5 Å². The minimum absolute atomic E-state index is 0.132. The number of likely N-dealkylation sites (N-methyl/N-ethyl adjacent to an activating group) is 1. The molecule has 0 spiro atoms. The van der Waals surface area contributed by atoms with Crippen molar-refractivity contribution in [1.82, 2.24) is 5.32 Å². The molecule has 0 aliphatic heterocycles. The van der Waals surface area contributed by atoms with E-state index in [0.717, 1.165) is 0 Å². The molecule has 3 rings (SSSR count). The molecule has 0 unspecified atom stereocenters. The first kappa shape index (κ1) is 39.5. The number of carbonyl (C=O) groups is 2. The van der Waals surface area contributed by atoms with E-state index in [-0.39, 0.29) is 17.0 Å². The number of aliphatic carboxylic acids is 1. The zero-order valence-corrected chi connectivity index (χ0v) is 27.4. The zero-order chi connectivity index (χ0) is 35.5. The van der Waals surface area contributed by atoms with Crippen molar-refractivity contribution < 1.29 is 59.1 Å². The first-order chi connectivity index (χ1) is 22.1. The van der Waals surface area contributed by atoms with Crippen LogP contribution in [0.2, 0.25) is 5.02 Å². The maximum atomic E-state index is 13.0. The third-order valence-corrected chi connectivity index (χ3v) is 8.85. The molecule has 14 nitrogen and oxygen atoms in total. The van der Waals surface area contributed by atoms with Gasteiger partial charge in [-0.05, 0) is 72.5 Å². The van der Waals surface area contributed by atoms with Gasteiger partial charge in [-0.25, -0.2) is 8.42 Å². The lowest BCUT2D eigenvalue weighted by Gasteiger charge is -2.24. The minimum Gasteiger partial charge on any atom is -0.548 e. The first-order valence-corrected chi connectivity index (χ1v) is 16.2. The number of hydrogen-bond donors (Lipinski definition) is 9. The number of rotatable bonds is 14. The van der Waals surface area contributed by atoms with E-state index in [9.17, 15) is 33.3 Å². The van der Waals surface area contributed by atoms with Crippen LogP contribution in [0.5, 0.6) is 0 Å². The van der Waals surface area contributed by atoms with Gasteiger partial charge in [-0.1, -0.05) is 35.9 Å². The van der Waals surface area contributed by atoms with E-state index in [1.54, 1.807) is 68.7 Å². The molecule has 0 fully saturated rings. The Kier molecular flexibility index (Phi) is 15.2. The van der Waals surface area contributed by atoms with Crippen molar-refractivity contribution >= 4 is 39.2 Å². The average molecular weight is 698 g/mol. The Bertz CT molecular complexity index is 1610. The Morgan fingerprint density at radius 1 is 0.872 bits per heavy atom. The molecule has 3 aromatic rings. The summed E-state index contributed by atoms with van der Waals surface area (Å²) in [5.41, 5.74) is 3.11. The van der Waals surface area contributed by atoms with Crippen LogP contribution in [-0.4, -0.2) is 108 Å². The van der Waals surface area contributed by atoms with E-state index in [1.165, 1.54) is 18.2 Å². The third-order valence-electron chi connectivity index (χ3n) is 6.92. The highest BCUT2D eigenvalue weighted by molar-refractivity contribution is 7.92. The monoisotopic (exact) mass is 697 g/mol. The molecule has 5 atom stereocenters. The molecule has 10 N–H and O–H groups in total. The average Bonchev–Trinajstić information content (AvgIpc) is 3.04. The fraction of sp³-hybridized carbons (Fsp3) is 0.355. The lowest BCUT2D eigenvalue weighted by molar-refractivity contribution is -0.635. The Labute approximate surface area is 277 Å². The number of hydrogen-bond acceptors (Lipinski definition) is 11. The lowest BCUT2D eigenvalue weighted by Crippen LogP contribution is -2.83. The van der Waals surface area contributed by atoms with Crippen molar-refractivity contribution in [3.63, 3.8) is 0 Å². The number of sulfonamides is 1. The summed E-state index contributed by atoms with van der Waals surface area (Å²) in [6.07, 6.45) is -5.53. The number of quaternary nitrogens is 1. The van der Waals surface area contributed by atoms with Crippen molar-refractivity contribution in [2.45, 2.75) is 49.2 Å². The molecule has 0 aliphatic carbocycles. The number of aliphatic hydroxyl groups is 6. The molecule has 3 aromatic carbocycles. The number of carboxylic acids is 1. The quantitative estimate of drug-likeness (QED) is 0.0880. The van der Waals surface area contributed by atoms with Crippen LogP contribution in [-0.2, 0) is 14.8 Å². The molecule has 0 saturated carbocycles. The molecule has 0 radical (unpaired) electrons. The number of halogens is 1. The number of aryl methyl sites for hydroxylation is 2. The van der Waals surface area contributed by atoms with Crippen LogP contribution in [0.3, 0.4) is 0 Å². The number of anilines is 1. The van der Waals surface area contributed by atoms with Crippen LogP contribution in [0, 0.1) is 13.8 Å². The second-order valence-electron chi connectivity index (χ2n) is 10.6. The number of amides is 1. The van der Waals surface area contributed by atoms with E-state index in [4.69, 9.17) is 32.0 Å². The Morgan fingerprint density at radius 3 is 2.04 bits per heavy atom. The number of aliphatic hydroxyl groups excluding tert-OH is 6. The van der Waals surface area contributed by atoms with Crippen LogP contribution >= 0.6 is 11.6 Å². The highest BCUT2D eigenvalue weighted by Crippen LogP contribution is 2.28. The van der Waals surface area contributed by atoms with Crippen LogP contribution in [0.4, 0.5) is 5.69 Å². The van der Waals surface area contributed by atoms with Gasteiger partial charge in [0.15, 0.2) is 0 Å². The Morgan fingerprint density at radius 2 is 1.49 bits per heavy atom. The lowest BCUT2D eigenvalue weighted by atomic mass is 10.0. The molecule has 0 aromatic heterocycles. The standard InChI is InChI=1S/C24H23ClN2O6S.C7H17NO5/c1-14-11-22(15(2)10-20(14)25)34(32,33)27-19-5-3-4-18(12-19)16-6-8-17(9-7-16)23(29)26-21(13-28)24(30)31;1-8-2-4(10)6(12)7(13)5(11)3-9/h3-12,21,27-28H,13H2,1-2H3,(H,26,29)(H,30,31);4-13H,2-3H2,1H3/t21-;4-,5+,6+,7+/m00/s1. The van der Waals surface area contributed by atoms with E-state index >= 15 is 0 Å². The largest absolute Gasteiger partial charge is 0.548 e. The summed E-state index contributed by atoms with van der Waals surface area (Å²) in [4.78, 5) is 23.2. The van der Waals surface area contributed by atoms with Gasteiger partial charge in [0.05, 0.1) is 37.2 Å². The van der Waals surface area contributed by atoms with Gasteiger partial charge in [0, 0.05) is 16.3 Å². The van der Waals surface area contributed by atoms with Gasteiger partial charge >= 0.3 is 0 Å². The van der Waals surface area contributed by atoms with Crippen LogP contribution in [0.25, 0.3) is 11.1 Å². The fourth-order valence-electron chi connectivity index (χ4n) is 4.20. The Hall–Kier alpha value is -3.64. The third kappa shape index (κ3) is 11.2. The van der Waals surface area contributed by atoms with Crippen molar-refractivity contribution in [3.8, 4) is 11.1 Å². The normalized spacial score (nSPS) is 14.5. The SMILES string of the molecule is C[NH2+]C[C@H](O)[C@@H](O)[C@H](O)[C@H](O)CO.Cc1cc(S(=O)(=O)Nc2cccc(-c3ccc(C(=O)N[C@@H](CO)C(=O)[O-])cc3)c2)c(C)cc1Cl. The summed E-state index contributed by atoms with van der Waals surface area (Å²) < 4.78 is 28.5. The van der Waals surface area contributed by atoms with Gasteiger partial charge in [-0.2, -0.15) is 0 Å². The first-order valence-electron chi connectivity index (χ1n) is 14.3. The molecule has 0 heterocycles. The number of carboxylic acid groups (broad SMARTS) is 1. The molecular weight excluding hydrogens is 658 g/mol. The van der Waals surface area contributed by atoms with Crippen molar-refractivity contribution in [3.05, 3.63) is 82.4 Å². The highest BCUT2D eigenvalue weighted by Gasteiger charge is 2.30. The summed E-state index contributed by atoms with van der Waals surface area (Å²) in [6, 6.07) is 14.6. The summed E-state index contributed by atoms with van der Waals surface area (Å²) in [5, 5.41) is 69.1. The minimum atomic E-state index is -3.86. The van der Waals surface area contributed by atoms with E-state index in [0.29, 0.717) is 33.0 Å². The van der Waals surface area contributed by atoms with Crippen LogP contribution in [0.15, 0.2) is 65.6 Å². The molecule has 47 heavy (non-hydrogen) atoms. The molecule has 0 saturated heterocycles. The predicted molar refractivity (Wildman–Crippen MR) is 171 cm³/mol. The van der Waals surface area contributed by atoms with Crippen molar-refractivity contribution in [2.75, 3.05) is 31.5 Å². The molecule has 258 valence electrons. The molecule has 1 amide bonds. The van der Waals surface area contributed by atoms with Gasteiger partial charge in [0.1, 0.15) is 31.0 Å². The van der Waals surface area contributed by atoms with Gasteiger partial charge in [0.25, 0.3) is 15.9 Å². The number of nitrogens with one attached hydrogen (secondary N) is 2. The smallest absolute Gasteiger partial charge is 0.262 e. The van der Waals surface area contributed by atoms with Gasteiger partial charge in [-0.3, -0.25) is 9.52 Å². The van der Waals surface area contributed by atoms with E-state index in [2.05, 4.69) is 10.0 Å². The second-order valence-corrected chi connectivity index (χ2v) is 12.7. The fourth-order valence-corrected chi connectivity index (χ4v) is 5.78. The van der Waals surface area contributed by atoms with E-state index in [1.807, 2.05) is 0 Å². The van der Waals surface area contributed by atoms with Crippen molar-refractivity contribution in [1.29, 1.82) is 0 Å². The zero-order valence-electron chi connectivity index (χ0n) is 25.9. The van der Waals surface area contributed by atoms with Gasteiger partial charge in [-0.15, -0.1) is 0 Å². The molecule has 0 bridgehead atoms. The predicted octanol–water partition coefficient (Wildman–Crippen LogP) is -2.12. The summed E-state index contributed by atoms with van der Waals surface area (Å²) in [5.74, 6) is -2.26. The summed E-state index contributed by atoms with van der Waals surface area (Å²) in [6.45, 7) is 2.18. The highest BCUT2D eigenvalue weighted by atomic mass is 35.5. The summed E-state index contributed by atoms with van der Waals surface area (Å²) in [7, 11) is -2.16. The molecule has 0 aliphatic rings. The van der Waals surface area contributed by atoms with Crippen molar-refractivity contribution in [2.24, 2.45) is 0 Å². The molecular formula is C31H40ClN3O11S. The number of nitrogens with two attached hydrogens (primary N) is 1. The topological polar surface area (TPSA) is 253 Å². The maximum absolute atomic E-state index is 13.0. The second kappa shape index (κ2) is 18.1.